The van der Waals surface area contributed by atoms with E-state index in [1.54, 1.807) is 19.2 Å². The van der Waals surface area contributed by atoms with E-state index in [4.69, 9.17) is 4.74 Å². The Bertz CT molecular complexity index is 650. The number of carbonyl (C=O) groups is 1. The average molecular weight is 323 g/mol. The number of carbonyl (C=O) groups excluding carboxylic acids is 1. The molecule has 0 aliphatic carbocycles. The van der Waals surface area contributed by atoms with E-state index in [0.29, 0.717) is 16.6 Å². The average Bonchev–Trinajstić information content (AvgIpc) is 2.86. The van der Waals surface area contributed by atoms with E-state index in [0.717, 1.165) is 5.56 Å². The maximum atomic E-state index is 12.9. The van der Waals surface area contributed by atoms with Crippen molar-refractivity contribution in [1.29, 1.82) is 0 Å². The third-order valence-electron chi connectivity index (χ3n) is 2.64. The van der Waals surface area contributed by atoms with Gasteiger partial charge >= 0.3 is 6.09 Å². The number of ether oxygens (including phenoxy) is 1. The van der Waals surface area contributed by atoms with E-state index < -0.39 is 11.7 Å². The van der Waals surface area contributed by atoms with Crippen LogP contribution in [-0.4, -0.2) is 33.8 Å². The monoisotopic (exact) mass is 323 g/mol. The maximum Gasteiger partial charge on any atom is 0.410 e. The predicted octanol–water partition coefficient (Wildman–Crippen LogP) is 3.71. The molecule has 1 heterocycles. The standard InChI is InChI=1S/C15H18FN3O2S/c1-15(2,3)21-14(20)19(4)9-12-17-18-13(22-12)10-5-7-11(16)8-6-10/h5-8H,9H2,1-4H3. The summed E-state index contributed by atoms with van der Waals surface area (Å²) in [4.78, 5) is 13.3. The molecule has 22 heavy (non-hydrogen) atoms. The summed E-state index contributed by atoms with van der Waals surface area (Å²) in [7, 11) is 1.65. The number of hydrogen-bond acceptors (Lipinski definition) is 5. The van der Waals surface area contributed by atoms with Crippen LogP contribution in [0, 0.1) is 5.82 Å². The van der Waals surface area contributed by atoms with Crippen molar-refractivity contribution < 1.29 is 13.9 Å². The Labute approximate surface area is 132 Å². The van der Waals surface area contributed by atoms with Crippen molar-refractivity contribution >= 4 is 17.4 Å². The lowest BCUT2D eigenvalue weighted by atomic mass is 10.2. The van der Waals surface area contributed by atoms with Gasteiger partial charge in [0.2, 0.25) is 0 Å². The number of hydrogen-bond donors (Lipinski definition) is 0. The van der Waals surface area contributed by atoms with Crippen LogP contribution in [0.4, 0.5) is 9.18 Å². The van der Waals surface area contributed by atoms with Crippen molar-refractivity contribution in [3.63, 3.8) is 0 Å². The fraction of sp³-hybridized carbons (Fsp3) is 0.400. The van der Waals surface area contributed by atoms with Gasteiger partial charge in [-0.05, 0) is 45.0 Å². The van der Waals surface area contributed by atoms with Gasteiger partial charge in [0.15, 0.2) is 0 Å². The highest BCUT2D eigenvalue weighted by Gasteiger charge is 2.20. The molecule has 1 amide bonds. The van der Waals surface area contributed by atoms with Crippen LogP contribution in [-0.2, 0) is 11.3 Å². The van der Waals surface area contributed by atoms with E-state index >= 15 is 0 Å². The minimum atomic E-state index is -0.536. The van der Waals surface area contributed by atoms with Crippen LogP contribution >= 0.6 is 11.3 Å². The highest BCUT2D eigenvalue weighted by atomic mass is 32.1. The number of nitrogens with zero attached hydrogens (tertiary/aromatic N) is 3. The first-order valence-corrected chi connectivity index (χ1v) is 7.59. The lowest BCUT2D eigenvalue weighted by Gasteiger charge is -2.23. The Kier molecular flexibility index (Phi) is 4.75. The first kappa shape index (κ1) is 16.4. The van der Waals surface area contributed by atoms with Crippen LogP contribution in [0.3, 0.4) is 0 Å². The molecular weight excluding hydrogens is 305 g/mol. The first-order chi connectivity index (χ1) is 10.2. The van der Waals surface area contributed by atoms with Crippen LogP contribution in [0.1, 0.15) is 25.8 Å². The summed E-state index contributed by atoms with van der Waals surface area (Å²) in [5.74, 6) is -0.293. The van der Waals surface area contributed by atoms with Crippen molar-refractivity contribution in [1.82, 2.24) is 15.1 Å². The van der Waals surface area contributed by atoms with Crippen LogP contribution in [0.2, 0.25) is 0 Å². The van der Waals surface area contributed by atoms with Gasteiger partial charge in [0.05, 0.1) is 6.54 Å². The quantitative estimate of drug-likeness (QED) is 0.864. The van der Waals surface area contributed by atoms with Gasteiger partial charge in [-0.15, -0.1) is 10.2 Å². The molecule has 1 aromatic heterocycles. The van der Waals surface area contributed by atoms with Crippen molar-refractivity contribution in [2.45, 2.75) is 32.9 Å². The Morgan fingerprint density at radius 3 is 2.50 bits per heavy atom. The zero-order chi connectivity index (χ0) is 16.3. The van der Waals surface area contributed by atoms with E-state index in [9.17, 15) is 9.18 Å². The van der Waals surface area contributed by atoms with Crippen LogP contribution in [0.5, 0.6) is 0 Å². The van der Waals surface area contributed by atoms with Crippen molar-refractivity contribution in [2.24, 2.45) is 0 Å². The lowest BCUT2D eigenvalue weighted by molar-refractivity contribution is 0.0284. The molecule has 0 saturated heterocycles. The van der Waals surface area contributed by atoms with Crippen molar-refractivity contribution in [2.75, 3.05) is 7.05 Å². The highest BCUT2D eigenvalue weighted by molar-refractivity contribution is 7.14. The smallest absolute Gasteiger partial charge is 0.410 e. The number of aromatic nitrogens is 2. The second-order valence-corrected chi connectivity index (χ2v) is 6.91. The molecule has 0 saturated carbocycles. The molecule has 2 aromatic rings. The minimum Gasteiger partial charge on any atom is -0.444 e. The van der Waals surface area contributed by atoms with Crippen LogP contribution in [0.25, 0.3) is 10.6 Å². The fourth-order valence-electron chi connectivity index (χ4n) is 1.63. The molecule has 0 atom stereocenters. The summed E-state index contributed by atoms with van der Waals surface area (Å²) < 4.78 is 18.2. The third-order valence-corrected chi connectivity index (χ3v) is 3.59. The zero-order valence-electron chi connectivity index (χ0n) is 13.0. The van der Waals surface area contributed by atoms with E-state index in [1.807, 2.05) is 20.8 Å². The Morgan fingerprint density at radius 1 is 1.27 bits per heavy atom. The van der Waals surface area contributed by atoms with E-state index in [-0.39, 0.29) is 5.82 Å². The molecule has 0 aliphatic rings. The van der Waals surface area contributed by atoms with Gasteiger partial charge < -0.3 is 9.64 Å². The fourth-order valence-corrected chi connectivity index (χ4v) is 2.53. The molecule has 0 unspecified atom stereocenters. The maximum absolute atomic E-state index is 12.9. The summed E-state index contributed by atoms with van der Waals surface area (Å²) in [6.45, 7) is 5.76. The largest absolute Gasteiger partial charge is 0.444 e. The van der Waals surface area contributed by atoms with E-state index in [2.05, 4.69) is 10.2 Å². The van der Waals surface area contributed by atoms with Crippen LogP contribution in [0.15, 0.2) is 24.3 Å². The lowest BCUT2D eigenvalue weighted by Crippen LogP contribution is -2.33. The van der Waals surface area contributed by atoms with Crippen molar-refractivity contribution in [3.05, 3.63) is 35.1 Å². The van der Waals surface area contributed by atoms with E-state index in [1.165, 1.54) is 28.4 Å². The van der Waals surface area contributed by atoms with Gasteiger partial charge in [0, 0.05) is 12.6 Å². The molecule has 118 valence electrons. The molecule has 0 aliphatic heterocycles. The third kappa shape index (κ3) is 4.49. The van der Waals surface area contributed by atoms with Gasteiger partial charge in [-0.1, -0.05) is 11.3 Å². The van der Waals surface area contributed by atoms with Crippen molar-refractivity contribution in [3.8, 4) is 10.6 Å². The molecule has 2 rings (SSSR count). The van der Waals surface area contributed by atoms with Gasteiger partial charge in [0.1, 0.15) is 21.4 Å². The molecule has 0 radical (unpaired) electrons. The normalized spacial score (nSPS) is 11.3. The van der Waals surface area contributed by atoms with Gasteiger partial charge in [-0.2, -0.15) is 0 Å². The molecule has 5 nitrogen and oxygen atoms in total. The van der Waals surface area contributed by atoms with Gasteiger partial charge in [0.25, 0.3) is 0 Å². The Hall–Kier alpha value is -2.02. The molecule has 0 N–H and O–H groups in total. The second kappa shape index (κ2) is 6.39. The number of amides is 1. The summed E-state index contributed by atoms with van der Waals surface area (Å²) in [6.07, 6.45) is -0.411. The first-order valence-electron chi connectivity index (χ1n) is 6.77. The minimum absolute atomic E-state index is 0.293. The highest BCUT2D eigenvalue weighted by Crippen LogP contribution is 2.24. The molecule has 0 fully saturated rings. The van der Waals surface area contributed by atoms with Crippen LogP contribution < -0.4 is 0 Å². The summed E-state index contributed by atoms with van der Waals surface area (Å²) in [5, 5.41) is 9.50. The number of benzene rings is 1. The predicted molar refractivity (Wildman–Crippen MR) is 83.0 cm³/mol. The molecular formula is C15H18FN3O2S. The topological polar surface area (TPSA) is 55.3 Å². The molecule has 0 bridgehead atoms. The summed E-state index contributed by atoms with van der Waals surface area (Å²) in [5.41, 5.74) is 0.260. The molecule has 1 aromatic carbocycles. The van der Waals surface area contributed by atoms with Gasteiger partial charge in [-0.25, -0.2) is 9.18 Å². The number of rotatable bonds is 3. The Morgan fingerprint density at radius 2 is 1.91 bits per heavy atom. The Balaban J connectivity index is 2.03. The van der Waals surface area contributed by atoms with Gasteiger partial charge in [-0.3, -0.25) is 0 Å². The zero-order valence-corrected chi connectivity index (χ0v) is 13.8. The SMILES string of the molecule is CN(Cc1nnc(-c2ccc(F)cc2)s1)C(=O)OC(C)(C)C. The second-order valence-electron chi connectivity index (χ2n) is 5.84. The summed E-state index contributed by atoms with van der Waals surface area (Å²) in [6, 6.07) is 6.06. The number of halogens is 1. The summed E-state index contributed by atoms with van der Waals surface area (Å²) >= 11 is 1.36. The molecule has 7 heteroatoms. The molecule has 0 spiro atoms.